The van der Waals surface area contributed by atoms with Crippen molar-refractivity contribution in [3.63, 3.8) is 0 Å². The number of aromatic nitrogens is 2. The Hall–Kier alpha value is -3.11. The normalized spacial score (nSPS) is 21.7. The Morgan fingerprint density at radius 3 is 2.70 bits per heavy atom. The van der Waals surface area contributed by atoms with E-state index in [4.69, 9.17) is 5.73 Å². The Kier molecular flexibility index (Phi) is 5.35. The van der Waals surface area contributed by atoms with Crippen molar-refractivity contribution in [1.29, 1.82) is 0 Å². The van der Waals surface area contributed by atoms with Crippen LogP contribution in [0.3, 0.4) is 0 Å². The molecule has 4 rings (SSSR count). The molecule has 156 valence electrons. The van der Waals surface area contributed by atoms with Gasteiger partial charge in [-0.2, -0.15) is 0 Å². The van der Waals surface area contributed by atoms with Crippen LogP contribution in [0.1, 0.15) is 24.4 Å². The fourth-order valence-electron chi connectivity index (χ4n) is 3.74. The van der Waals surface area contributed by atoms with Crippen LogP contribution in [0.25, 0.3) is 0 Å². The van der Waals surface area contributed by atoms with Crippen molar-refractivity contribution in [3.05, 3.63) is 58.9 Å². The number of aryl methyl sites for hydroxylation is 1. The van der Waals surface area contributed by atoms with Crippen molar-refractivity contribution in [2.24, 2.45) is 12.8 Å². The van der Waals surface area contributed by atoms with Gasteiger partial charge < -0.3 is 20.7 Å². The van der Waals surface area contributed by atoms with Crippen LogP contribution in [-0.4, -0.2) is 49.4 Å². The molecule has 2 aliphatic rings. The molecule has 0 saturated carbocycles. The van der Waals surface area contributed by atoms with Gasteiger partial charge >= 0.3 is 5.97 Å². The standard InChI is InChI=1S/C20H21N5O4S/c1-24-10-9-22-20(24)30-13-8-7-12-15(18(27)25(12)16(13)19(28)29)23-17(26)14(21)11-5-3-2-4-6-11/h2-6,9-10,12,14-15H,7-8,21H2,1H3,(H,23,26)(H,28,29)/t12-,14-,15+/m1/s1. The van der Waals surface area contributed by atoms with Crippen molar-refractivity contribution < 1.29 is 19.5 Å². The Morgan fingerprint density at radius 1 is 1.33 bits per heavy atom. The number of rotatable bonds is 6. The fourth-order valence-corrected chi connectivity index (χ4v) is 4.78. The highest BCUT2D eigenvalue weighted by Crippen LogP contribution is 2.42. The van der Waals surface area contributed by atoms with Crippen molar-refractivity contribution in [2.45, 2.75) is 36.1 Å². The zero-order chi connectivity index (χ0) is 21.4. The number of nitrogens with two attached hydrogens (primary N) is 1. The topological polar surface area (TPSA) is 131 Å². The van der Waals surface area contributed by atoms with Gasteiger partial charge in [0, 0.05) is 24.3 Å². The van der Waals surface area contributed by atoms with Crippen LogP contribution in [0.2, 0.25) is 0 Å². The minimum Gasteiger partial charge on any atom is -0.477 e. The summed E-state index contributed by atoms with van der Waals surface area (Å²) in [6.45, 7) is 0. The Morgan fingerprint density at radius 2 is 2.07 bits per heavy atom. The summed E-state index contributed by atoms with van der Waals surface area (Å²) >= 11 is 1.24. The number of allylic oxidation sites excluding steroid dienone is 1. The Bertz CT molecular complexity index is 1030. The molecule has 0 bridgehead atoms. The van der Waals surface area contributed by atoms with Gasteiger partial charge in [0.05, 0.1) is 6.04 Å². The maximum absolute atomic E-state index is 12.8. The van der Waals surface area contributed by atoms with Gasteiger partial charge in [-0.25, -0.2) is 9.78 Å². The number of carboxylic acids is 1. The molecule has 2 aromatic rings. The predicted octanol–water partition coefficient (Wildman–Crippen LogP) is 0.998. The quantitative estimate of drug-likeness (QED) is 0.586. The first kappa shape index (κ1) is 20.2. The summed E-state index contributed by atoms with van der Waals surface area (Å²) in [7, 11) is 1.82. The molecule has 3 atom stereocenters. The van der Waals surface area contributed by atoms with Crippen LogP contribution in [0.4, 0.5) is 0 Å². The summed E-state index contributed by atoms with van der Waals surface area (Å²) in [5, 5.41) is 13.1. The summed E-state index contributed by atoms with van der Waals surface area (Å²) in [6.07, 6.45) is 4.42. The van der Waals surface area contributed by atoms with Crippen LogP contribution in [0, 0.1) is 0 Å². The van der Waals surface area contributed by atoms with Gasteiger partial charge in [-0.1, -0.05) is 42.1 Å². The molecule has 10 heteroatoms. The lowest BCUT2D eigenvalue weighted by atomic mass is 9.86. The van der Waals surface area contributed by atoms with Gasteiger partial charge in [0.15, 0.2) is 5.16 Å². The number of nitrogens with zero attached hydrogens (tertiary/aromatic N) is 3. The molecule has 1 aromatic carbocycles. The maximum Gasteiger partial charge on any atom is 0.353 e. The Balaban J connectivity index is 1.51. The number of nitrogens with one attached hydrogen (secondary N) is 1. The van der Waals surface area contributed by atoms with E-state index >= 15 is 0 Å². The van der Waals surface area contributed by atoms with Gasteiger partial charge in [-0.3, -0.25) is 14.5 Å². The second-order valence-electron chi connectivity index (χ2n) is 7.19. The second kappa shape index (κ2) is 7.96. The Labute approximate surface area is 176 Å². The van der Waals surface area contributed by atoms with Gasteiger partial charge in [0.25, 0.3) is 5.91 Å². The van der Waals surface area contributed by atoms with E-state index in [0.717, 1.165) is 0 Å². The summed E-state index contributed by atoms with van der Waals surface area (Å²) in [6, 6.07) is 6.79. The van der Waals surface area contributed by atoms with Crippen molar-refractivity contribution >= 4 is 29.5 Å². The highest BCUT2D eigenvalue weighted by Gasteiger charge is 2.53. The number of hydrogen-bond acceptors (Lipinski definition) is 6. The molecule has 4 N–H and O–H groups in total. The second-order valence-corrected chi connectivity index (χ2v) is 8.25. The molecule has 1 saturated heterocycles. The molecule has 30 heavy (non-hydrogen) atoms. The molecule has 1 fully saturated rings. The van der Waals surface area contributed by atoms with Gasteiger partial charge in [-0.05, 0) is 18.4 Å². The maximum atomic E-state index is 12.8. The molecule has 2 aliphatic heterocycles. The third kappa shape index (κ3) is 3.48. The summed E-state index contributed by atoms with van der Waals surface area (Å²) in [5.74, 6) is -2.08. The molecule has 3 heterocycles. The molecule has 0 aliphatic carbocycles. The number of hydrogen-bond donors (Lipinski definition) is 3. The number of benzene rings is 1. The minimum absolute atomic E-state index is 0.0397. The first-order chi connectivity index (χ1) is 14.4. The molecule has 2 amide bonds. The first-order valence-electron chi connectivity index (χ1n) is 9.44. The number of thioether (sulfide) groups is 1. The van der Waals surface area contributed by atoms with E-state index < -0.39 is 35.9 Å². The van der Waals surface area contributed by atoms with E-state index in [1.165, 1.54) is 16.7 Å². The lowest BCUT2D eigenvalue weighted by Gasteiger charge is -2.50. The molecule has 1 aromatic heterocycles. The predicted molar refractivity (Wildman–Crippen MR) is 109 cm³/mol. The first-order valence-corrected chi connectivity index (χ1v) is 10.3. The van der Waals surface area contributed by atoms with E-state index in [1.807, 2.05) is 13.1 Å². The highest BCUT2D eigenvalue weighted by atomic mass is 32.2. The number of β-lactam (4-membered cyclic amide) rings is 1. The summed E-state index contributed by atoms with van der Waals surface area (Å²) < 4.78 is 1.79. The van der Waals surface area contributed by atoms with E-state index in [1.54, 1.807) is 41.2 Å². The largest absolute Gasteiger partial charge is 0.477 e. The van der Waals surface area contributed by atoms with E-state index in [0.29, 0.717) is 28.5 Å². The zero-order valence-corrected chi connectivity index (χ0v) is 17.0. The third-order valence-corrected chi connectivity index (χ3v) is 6.54. The van der Waals surface area contributed by atoms with Crippen LogP contribution in [-0.2, 0) is 21.4 Å². The molecule has 0 unspecified atom stereocenters. The monoisotopic (exact) mass is 427 g/mol. The van der Waals surface area contributed by atoms with Gasteiger partial charge in [0.1, 0.15) is 17.8 Å². The SMILES string of the molecule is Cn1ccnc1SC1=C(C(=O)O)N2C(=O)[C@@H](NC(=O)[C@H](N)c3ccccc3)[C@H]2CC1. The van der Waals surface area contributed by atoms with Crippen LogP contribution >= 0.6 is 11.8 Å². The lowest BCUT2D eigenvalue weighted by Crippen LogP contribution is -2.72. The number of amides is 2. The highest BCUT2D eigenvalue weighted by molar-refractivity contribution is 8.03. The molecule has 0 radical (unpaired) electrons. The van der Waals surface area contributed by atoms with Crippen LogP contribution in [0.5, 0.6) is 0 Å². The third-order valence-electron chi connectivity index (χ3n) is 5.33. The van der Waals surface area contributed by atoms with E-state index in [2.05, 4.69) is 10.3 Å². The summed E-state index contributed by atoms with van der Waals surface area (Å²) in [4.78, 5) is 43.3. The smallest absolute Gasteiger partial charge is 0.353 e. The van der Waals surface area contributed by atoms with Crippen molar-refractivity contribution in [2.75, 3.05) is 0 Å². The number of aliphatic carboxylic acids is 1. The number of carbonyl (C=O) groups is 3. The lowest BCUT2D eigenvalue weighted by molar-refractivity contribution is -0.156. The molecule has 0 spiro atoms. The van der Waals surface area contributed by atoms with Crippen molar-refractivity contribution in [3.8, 4) is 0 Å². The number of fused-ring (bicyclic) bond motifs is 1. The van der Waals surface area contributed by atoms with Crippen LogP contribution in [0.15, 0.2) is 58.5 Å². The van der Waals surface area contributed by atoms with E-state index in [-0.39, 0.29) is 5.70 Å². The number of imidazole rings is 1. The van der Waals surface area contributed by atoms with Gasteiger partial charge in [0.2, 0.25) is 5.91 Å². The van der Waals surface area contributed by atoms with Crippen LogP contribution < -0.4 is 11.1 Å². The average molecular weight is 427 g/mol. The zero-order valence-electron chi connectivity index (χ0n) is 16.2. The average Bonchev–Trinajstić information content (AvgIpc) is 3.15. The fraction of sp³-hybridized carbons (Fsp3) is 0.300. The number of carboxylic acid groups (broad SMARTS) is 1. The van der Waals surface area contributed by atoms with Crippen molar-refractivity contribution in [1.82, 2.24) is 19.8 Å². The number of carbonyl (C=O) groups excluding carboxylic acids is 2. The van der Waals surface area contributed by atoms with Gasteiger partial charge in [-0.15, -0.1) is 0 Å². The summed E-state index contributed by atoms with van der Waals surface area (Å²) in [5.41, 5.74) is 6.61. The molecular weight excluding hydrogens is 406 g/mol. The van der Waals surface area contributed by atoms with E-state index in [9.17, 15) is 19.5 Å². The molecule has 9 nitrogen and oxygen atoms in total. The molecular formula is C20H21N5O4S. The minimum atomic E-state index is -1.17.